The van der Waals surface area contributed by atoms with Gasteiger partial charge < -0.3 is 9.05 Å². The topological polar surface area (TPSA) is 35.5 Å². The Morgan fingerprint density at radius 3 is 1.76 bits per heavy atom. The molecule has 0 spiro atoms. The smallest absolute Gasteiger partial charge is 0.306 e. The van der Waals surface area contributed by atoms with Crippen molar-refractivity contribution in [2.45, 2.75) is 78.9 Å². The van der Waals surface area contributed by atoms with Gasteiger partial charge in [0.1, 0.15) is 0 Å². The molecular formula is C13H29O3P. The minimum atomic E-state index is -2.89. The van der Waals surface area contributed by atoms with E-state index in [4.69, 9.17) is 9.05 Å². The molecule has 3 nitrogen and oxygen atoms in total. The third-order valence-electron chi connectivity index (χ3n) is 2.87. The van der Waals surface area contributed by atoms with Crippen molar-refractivity contribution in [2.24, 2.45) is 0 Å². The predicted molar refractivity (Wildman–Crippen MR) is 73.7 cm³/mol. The number of rotatable bonds is 10. The summed E-state index contributed by atoms with van der Waals surface area (Å²) in [5.41, 5.74) is 0. The van der Waals surface area contributed by atoms with Crippen LogP contribution in [0.3, 0.4) is 0 Å². The molecule has 17 heavy (non-hydrogen) atoms. The van der Waals surface area contributed by atoms with E-state index in [2.05, 4.69) is 6.92 Å². The van der Waals surface area contributed by atoms with Crippen LogP contribution in [0.4, 0.5) is 0 Å². The van der Waals surface area contributed by atoms with Crippen molar-refractivity contribution in [3.05, 3.63) is 0 Å². The molecule has 0 saturated heterocycles. The molecule has 4 heteroatoms. The van der Waals surface area contributed by atoms with Crippen molar-refractivity contribution >= 4 is 7.60 Å². The third kappa shape index (κ3) is 7.96. The molecule has 0 aromatic carbocycles. The van der Waals surface area contributed by atoms with E-state index >= 15 is 0 Å². The van der Waals surface area contributed by atoms with Crippen LogP contribution in [0.25, 0.3) is 0 Å². The molecule has 0 bridgehead atoms. The third-order valence-corrected chi connectivity index (χ3v) is 5.09. The average molecular weight is 264 g/mol. The molecule has 0 N–H and O–H groups in total. The molecule has 2 unspecified atom stereocenters. The van der Waals surface area contributed by atoms with Crippen LogP contribution in [0, 0.1) is 0 Å². The fourth-order valence-electron chi connectivity index (χ4n) is 1.38. The van der Waals surface area contributed by atoms with Crippen molar-refractivity contribution in [1.29, 1.82) is 0 Å². The van der Waals surface area contributed by atoms with Gasteiger partial charge in [-0.3, -0.25) is 4.57 Å². The lowest BCUT2D eigenvalue weighted by atomic mass is 10.3. The first-order valence-corrected chi connectivity index (χ1v) is 8.66. The minimum absolute atomic E-state index is 0.00603. The van der Waals surface area contributed by atoms with Gasteiger partial charge in [0.15, 0.2) is 0 Å². The van der Waals surface area contributed by atoms with E-state index < -0.39 is 7.60 Å². The van der Waals surface area contributed by atoms with Crippen LogP contribution in [0.1, 0.15) is 66.7 Å². The Hall–Kier alpha value is 0.150. The molecule has 0 heterocycles. The summed E-state index contributed by atoms with van der Waals surface area (Å²) in [6.45, 7) is 10.1. The largest absolute Gasteiger partial charge is 0.331 e. The molecule has 0 aliphatic carbocycles. The summed E-state index contributed by atoms with van der Waals surface area (Å²) >= 11 is 0. The Labute approximate surface area is 107 Å². The van der Waals surface area contributed by atoms with E-state index in [1.807, 2.05) is 27.7 Å². The van der Waals surface area contributed by atoms with Gasteiger partial charge in [-0.15, -0.1) is 0 Å². The number of hydrogen-bond acceptors (Lipinski definition) is 3. The maximum atomic E-state index is 12.6. The summed E-state index contributed by atoms with van der Waals surface area (Å²) in [5.74, 6) is 0. The Morgan fingerprint density at radius 1 is 0.941 bits per heavy atom. The molecule has 0 aromatic rings. The first-order chi connectivity index (χ1) is 7.97. The molecule has 0 rings (SSSR count). The van der Waals surface area contributed by atoms with Crippen LogP contribution in [-0.2, 0) is 13.6 Å². The highest BCUT2D eigenvalue weighted by molar-refractivity contribution is 7.53. The quantitative estimate of drug-likeness (QED) is 0.411. The summed E-state index contributed by atoms with van der Waals surface area (Å²) in [5, 5.41) is 0. The van der Waals surface area contributed by atoms with Crippen LogP contribution in [0.2, 0.25) is 0 Å². The van der Waals surface area contributed by atoms with Crippen molar-refractivity contribution in [3.63, 3.8) is 0 Å². The summed E-state index contributed by atoms with van der Waals surface area (Å²) in [7, 11) is -2.89. The van der Waals surface area contributed by atoms with Gasteiger partial charge in [0.05, 0.1) is 18.4 Å². The van der Waals surface area contributed by atoms with Gasteiger partial charge in [0.25, 0.3) is 0 Å². The summed E-state index contributed by atoms with van der Waals surface area (Å²) in [6.07, 6.45) is 5.40. The Kier molecular flexibility index (Phi) is 9.21. The van der Waals surface area contributed by atoms with E-state index in [0.29, 0.717) is 6.16 Å². The lowest BCUT2D eigenvalue weighted by molar-refractivity contribution is 0.123. The Bertz CT molecular complexity index is 215. The zero-order chi connectivity index (χ0) is 13.3. The van der Waals surface area contributed by atoms with Crippen molar-refractivity contribution in [3.8, 4) is 0 Å². The molecule has 0 amide bonds. The van der Waals surface area contributed by atoms with Crippen molar-refractivity contribution < 1.29 is 13.6 Å². The molecule has 0 aromatic heterocycles. The number of unbranched alkanes of at least 4 members (excludes halogenated alkanes) is 2. The second-order valence-electron chi connectivity index (χ2n) is 4.69. The fraction of sp³-hybridized carbons (Fsp3) is 1.00. The molecule has 0 radical (unpaired) electrons. The summed E-state index contributed by atoms with van der Waals surface area (Å²) in [6, 6.07) is 0. The highest BCUT2D eigenvalue weighted by atomic mass is 31.2. The zero-order valence-corrected chi connectivity index (χ0v) is 13.0. The van der Waals surface area contributed by atoms with Gasteiger partial charge >= 0.3 is 7.60 Å². The summed E-state index contributed by atoms with van der Waals surface area (Å²) < 4.78 is 23.9. The van der Waals surface area contributed by atoms with Gasteiger partial charge in [0.2, 0.25) is 0 Å². The lowest BCUT2D eigenvalue weighted by Crippen LogP contribution is -2.13. The van der Waals surface area contributed by atoms with Crippen LogP contribution < -0.4 is 0 Å². The van der Waals surface area contributed by atoms with E-state index in [1.165, 1.54) is 0 Å². The fourth-order valence-corrected chi connectivity index (χ4v) is 3.65. The molecule has 0 saturated carbocycles. The Morgan fingerprint density at radius 2 is 1.41 bits per heavy atom. The van der Waals surface area contributed by atoms with Crippen LogP contribution in [-0.4, -0.2) is 18.4 Å². The van der Waals surface area contributed by atoms with Crippen LogP contribution >= 0.6 is 7.60 Å². The van der Waals surface area contributed by atoms with E-state index in [9.17, 15) is 4.57 Å². The minimum Gasteiger partial charge on any atom is -0.306 e. The van der Waals surface area contributed by atoms with Gasteiger partial charge in [-0.1, -0.05) is 33.6 Å². The molecular weight excluding hydrogens is 235 g/mol. The standard InChI is InChI=1S/C13H29O3P/c1-6-9-10-11-17(14,15-12(4)7-2)16-13(5)8-3/h12-13H,6-11H2,1-5H3. The highest BCUT2D eigenvalue weighted by Gasteiger charge is 2.28. The first-order valence-electron chi connectivity index (χ1n) is 6.93. The predicted octanol–water partition coefficient (Wildman–Crippen LogP) is 5.00. The molecule has 104 valence electrons. The van der Waals surface area contributed by atoms with Crippen LogP contribution in [0.5, 0.6) is 0 Å². The second-order valence-corrected chi connectivity index (χ2v) is 6.78. The molecule has 0 aliphatic heterocycles. The lowest BCUT2D eigenvalue weighted by Gasteiger charge is -2.24. The monoisotopic (exact) mass is 264 g/mol. The van der Waals surface area contributed by atoms with Gasteiger partial charge in [-0.2, -0.15) is 0 Å². The van der Waals surface area contributed by atoms with Crippen molar-refractivity contribution in [2.75, 3.05) is 6.16 Å². The van der Waals surface area contributed by atoms with E-state index in [1.54, 1.807) is 0 Å². The van der Waals surface area contributed by atoms with Gasteiger partial charge in [-0.05, 0) is 33.1 Å². The maximum absolute atomic E-state index is 12.6. The van der Waals surface area contributed by atoms with Gasteiger partial charge in [0, 0.05) is 0 Å². The molecule has 0 aliphatic rings. The first kappa shape index (κ1) is 17.2. The molecule has 2 atom stereocenters. The van der Waals surface area contributed by atoms with Crippen LogP contribution in [0.15, 0.2) is 0 Å². The van der Waals surface area contributed by atoms with E-state index in [-0.39, 0.29) is 12.2 Å². The highest BCUT2D eigenvalue weighted by Crippen LogP contribution is 2.51. The Balaban J connectivity index is 4.39. The second kappa shape index (κ2) is 9.13. The zero-order valence-electron chi connectivity index (χ0n) is 12.1. The maximum Gasteiger partial charge on any atom is 0.331 e. The normalized spacial score (nSPS) is 18.6. The summed E-state index contributed by atoms with van der Waals surface area (Å²) in [4.78, 5) is 0. The average Bonchev–Trinajstić information content (AvgIpc) is 2.28. The molecule has 0 fully saturated rings. The van der Waals surface area contributed by atoms with E-state index in [0.717, 1.165) is 32.1 Å². The SMILES string of the molecule is CCCCCP(=O)(OC(C)CC)OC(C)CC. The number of hydrogen-bond donors (Lipinski definition) is 0. The van der Waals surface area contributed by atoms with Gasteiger partial charge in [-0.25, -0.2) is 0 Å². The van der Waals surface area contributed by atoms with Crippen molar-refractivity contribution in [1.82, 2.24) is 0 Å².